The lowest BCUT2D eigenvalue weighted by Crippen LogP contribution is -2.01. The molecule has 0 spiro atoms. The zero-order valence-corrected chi connectivity index (χ0v) is 7.95. The molecule has 0 aliphatic heterocycles. The summed E-state index contributed by atoms with van der Waals surface area (Å²) in [7, 11) is -3.62. The Labute approximate surface area is 70.8 Å². The fourth-order valence-electron chi connectivity index (χ4n) is 0.326. The minimum absolute atomic E-state index is 0.208. The van der Waals surface area contributed by atoms with E-state index in [1.165, 1.54) is 0 Å². The van der Waals surface area contributed by atoms with Crippen molar-refractivity contribution in [3.05, 3.63) is 0 Å². The molecule has 0 aromatic rings. The van der Waals surface area contributed by atoms with Gasteiger partial charge in [0.15, 0.2) is 0 Å². The van der Waals surface area contributed by atoms with Gasteiger partial charge in [0.1, 0.15) is 6.35 Å². The van der Waals surface area contributed by atoms with Gasteiger partial charge in [-0.1, -0.05) is 0 Å². The van der Waals surface area contributed by atoms with Crippen molar-refractivity contribution < 1.29 is 28.8 Å². The molecule has 0 heterocycles. The molecule has 0 bridgehead atoms. The van der Waals surface area contributed by atoms with Gasteiger partial charge in [0.05, 0.1) is 13.2 Å². The smallest absolute Gasteiger partial charge is 0.384 e. The van der Waals surface area contributed by atoms with Crippen molar-refractivity contribution in [2.24, 2.45) is 0 Å². The Morgan fingerprint density at radius 3 is 1.83 bits per heavy atom. The molecule has 12 heavy (non-hydrogen) atoms. The third kappa shape index (κ3) is 4.82. The second kappa shape index (κ2) is 6.54. The number of aliphatic hydroxyl groups excluding tert-OH is 1. The first-order valence-electron chi connectivity index (χ1n) is 3.51. The van der Waals surface area contributed by atoms with E-state index in [-0.39, 0.29) is 13.2 Å². The predicted molar refractivity (Wildman–Crippen MR) is 40.1 cm³/mol. The van der Waals surface area contributed by atoms with E-state index < -0.39 is 13.9 Å². The first-order chi connectivity index (χ1) is 5.68. The van der Waals surface area contributed by atoms with Crippen molar-refractivity contribution in [2.75, 3.05) is 19.6 Å². The summed E-state index contributed by atoms with van der Waals surface area (Å²) in [6, 6.07) is 0. The standard InChI is InChI=1S/C5H13O6P/c1-3-8-10-12(7,5-6)11-9-4-2/h6H,3-5H2,1-2H3. The third-order valence-electron chi connectivity index (χ3n) is 0.741. The molecule has 0 saturated carbocycles. The van der Waals surface area contributed by atoms with Crippen LogP contribution in [-0.4, -0.2) is 24.7 Å². The monoisotopic (exact) mass is 200 g/mol. The van der Waals surface area contributed by atoms with Crippen LogP contribution in [0.25, 0.3) is 0 Å². The number of hydrogen-bond donors (Lipinski definition) is 1. The Kier molecular flexibility index (Phi) is 6.55. The molecule has 0 aliphatic rings. The minimum Gasteiger partial charge on any atom is -0.384 e. The lowest BCUT2D eigenvalue weighted by Gasteiger charge is -2.11. The Hall–Kier alpha value is 0.0300. The van der Waals surface area contributed by atoms with Crippen LogP contribution in [0.15, 0.2) is 0 Å². The molecule has 0 aromatic heterocycles. The van der Waals surface area contributed by atoms with E-state index in [0.29, 0.717) is 0 Å². The zero-order chi connectivity index (χ0) is 9.45. The van der Waals surface area contributed by atoms with Crippen LogP contribution < -0.4 is 0 Å². The van der Waals surface area contributed by atoms with Crippen LogP contribution in [0.1, 0.15) is 13.8 Å². The number of rotatable bonds is 7. The molecule has 0 saturated heterocycles. The van der Waals surface area contributed by atoms with E-state index in [1.54, 1.807) is 13.8 Å². The van der Waals surface area contributed by atoms with Crippen molar-refractivity contribution in [1.29, 1.82) is 0 Å². The quantitative estimate of drug-likeness (QED) is 0.376. The number of hydrogen-bond acceptors (Lipinski definition) is 6. The summed E-state index contributed by atoms with van der Waals surface area (Å²) < 4.78 is 19.7. The molecule has 74 valence electrons. The Morgan fingerprint density at radius 2 is 1.58 bits per heavy atom. The fraction of sp³-hybridized carbons (Fsp3) is 1.00. The second-order valence-electron chi connectivity index (χ2n) is 1.71. The third-order valence-corrected chi connectivity index (χ3v) is 1.75. The summed E-state index contributed by atoms with van der Waals surface area (Å²) in [5, 5.41) is 8.57. The lowest BCUT2D eigenvalue weighted by atomic mass is 10.9. The summed E-state index contributed by atoms with van der Waals surface area (Å²) >= 11 is 0. The highest BCUT2D eigenvalue weighted by atomic mass is 31.2. The van der Waals surface area contributed by atoms with Gasteiger partial charge < -0.3 is 5.11 Å². The van der Waals surface area contributed by atoms with Gasteiger partial charge in [0, 0.05) is 0 Å². The molecule has 0 amide bonds. The molecule has 6 nitrogen and oxygen atoms in total. The molecule has 0 fully saturated rings. The molecule has 0 unspecified atom stereocenters. The van der Waals surface area contributed by atoms with Gasteiger partial charge in [0.2, 0.25) is 0 Å². The van der Waals surface area contributed by atoms with Crippen LogP contribution in [0.4, 0.5) is 0 Å². The van der Waals surface area contributed by atoms with Crippen molar-refractivity contribution in [3.63, 3.8) is 0 Å². The van der Waals surface area contributed by atoms with Crippen molar-refractivity contribution in [3.8, 4) is 0 Å². The molecule has 1 N–H and O–H groups in total. The first kappa shape index (κ1) is 12.0. The van der Waals surface area contributed by atoms with Crippen LogP contribution in [0, 0.1) is 0 Å². The SMILES string of the molecule is CCOOP(=O)(CO)OOCC. The van der Waals surface area contributed by atoms with Gasteiger partial charge in [-0.15, -0.1) is 9.35 Å². The van der Waals surface area contributed by atoms with Crippen LogP contribution in [0.5, 0.6) is 0 Å². The number of aliphatic hydroxyl groups is 1. The molecule has 0 radical (unpaired) electrons. The normalized spacial score (nSPS) is 11.9. The Morgan fingerprint density at radius 1 is 1.17 bits per heavy atom. The highest BCUT2D eigenvalue weighted by molar-refractivity contribution is 7.53. The average molecular weight is 200 g/mol. The predicted octanol–water partition coefficient (Wildman–Crippen LogP) is 1.07. The van der Waals surface area contributed by atoms with Crippen molar-refractivity contribution in [1.82, 2.24) is 0 Å². The first-order valence-corrected chi connectivity index (χ1v) is 5.23. The van der Waals surface area contributed by atoms with E-state index in [4.69, 9.17) is 5.11 Å². The van der Waals surface area contributed by atoms with E-state index in [2.05, 4.69) is 19.1 Å². The Balaban J connectivity index is 3.79. The highest BCUT2D eigenvalue weighted by Gasteiger charge is 2.26. The lowest BCUT2D eigenvalue weighted by molar-refractivity contribution is -0.265. The van der Waals surface area contributed by atoms with Gasteiger partial charge in [0.25, 0.3) is 0 Å². The van der Waals surface area contributed by atoms with Crippen LogP contribution in [0.2, 0.25) is 0 Å². The van der Waals surface area contributed by atoms with Gasteiger partial charge in [-0.05, 0) is 13.8 Å². The van der Waals surface area contributed by atoms with E-state index in [0.717, 1.165) is 0 Å². The molecule has 0 aliphatic carbocycles. The largest absolute Gasteiger partial charge is 0.409 e. The fourth-order valence-corrected chi connectivity index (χ4v) is 0.977. The van der Waals surface area contributed by atoms with Gasteiger partial charge in [-0.25, -0.2) is 9.78 Å². The summed E-state index contributed by atoms with van der Waals surface area (Å²) in [5.41, 5.74) is 0. The van der Waals surface area contributed by atoms with Gasteiger partial charge >= 0.3 is 7.60 Å². The van der Waals surface area contributed by atoms with E-state index >= 15 is 0 Å². The maximum atomic E-state index is 11.2. The topological polar surface area (TPSA) is 74.2 Å². The summed E-state index contributed by atoms with van der Waals surface area (Å²) in [5.74, 6) is 0. The van der Waals surface area contributed by atoms with E-state index in [9.17, 15) is 4.57 Å². The highest BCUT2D eigenvalue weighted by Crippen LogP contribution is 2.47. The minimum atomic E-state index is -3.62. The van der Waals surface area contributed by atoms with Crippen LogP contribution in [0.3, 0.4) is 0 Å². The zero-order valence-electron chi connectivity index (χ0n) is 7.06. The molecule has 7 heteroatoms. The van der Waals surface area contributed by atoms with Gasteiger partial charge in [-0.2, -0.15) is 0 Å². The molecule has 0 aromatic carbocycles. The second-order valence-corrected chi connectivity index (χ2v) is 3.52. The van der Waals surface area contributed by atoms with Crippen molar-refractivity contribution in [2.45, 2.75) is 13.8 Å². The van der Waals surface area contributed by atoms with E-state index in [1.807, 2.05) is 0 Å². The maximum absolute atomic E-state index is 11.2. The summed E-state index contributed by atoms with van der Waals surface area (Å²) in [4.78, 5) is 8.72. The maximum Gasteiger partial charge on any atom is 0.409 e. The summed E-state index contributed by atoms with van der Waals surface area (Å²) in [6.45, 7) is 3.70. The summed E-state index contributed by atoms with van der Waals surface area (Å²) in [6.07, 6.45) is -0.785. The molecular formula is C5H13O6P. The van der Waals surface area contributed by atoms with Crippen LogP contribution >= 0.6 is 7.60 Å². The average Bonchev–Trinajstić information content (AvgIpc) is 2.11. The van der Waals surface area contributed by atoms with Gasteiger partial charge in [-0.3, -0.25) is 4.57 Å². The van der Waals surface area contributed by atoms with Crippen molar-refractivity contribution >= 4 is 7.60 Å². The molecule has 0 atom stereocenters. The Bertz CT molecular complexity index is 137. The van der Waals surface area contributed by atoms with Crippen LogP contribution in [-0.2, 0) is 23.7 Å². The molecular weight excluding hydrogens is 187 g/mol. The molecule has 0 rings (SSSR count).